The average molecular weight is 346 g/mol. The van der Waals surface area contributed by atoms with Crippen molar-refractivity contribution in [1.29, 1.82) is 0 Å². The molecule has 0 unspecified atom stereocenters. The molecule has 0 saturated heterocycles. The summed E-state index contributed by atoms with van der Waals surface area (Å²) >= 11 is 0. The van der Waals surface area contributed by atoms with Gasteiger partial charge in [-0.2, -0.15) is 0 Å². The maximum Gasteiger partial charge on any atom is 0.191 e. The van der Waals surface area contributed by atoms with E-state index in [4.69, 9.17) is 4.74 Å². The van der Waals surface area contributed by atoms with Gasteiger partial charge in [0.15, 0.2) is 5.96 Å². The first-order valence-corrected chi connectivity index (χ1v) is 9.46. The van der Waals surface area contributed by atoms with Gasteiger partial charge in [0.05, 0.1) is 0 Å². The summed E-state index contributed by atoms with van der Waals surface area (Å²) in [5.74, 6) is 0.907. The highest BCUT2D eigenvalue weighted by Gasteiger charge is 2.36. The first kappa shape index (κ1) is 19.8. The van der Waals surface area contributed by atoms with Gasteiger partial charge < -0.3 is 15.4 Å². The second kappa shape index (κ2) is 9.23. The van der Waals surface area contributed by atoms with Crippen LogP contribution < -0.4 is 10.6 Å². The highest BCUT2D eigenvalue weighted by molar-refractivity contribution is 5.79. The number of hydrogen-bond donors (Lipinski definition) is 2. The Kier molecular flexibility index (Phi) is 7.30. The molecule has 2 rings (SSSR count). The van der Waals surface area contributed by atoms with E-state index in [9.17, 15) is 0 Å². The Morgan fingerprint density at radius 3 is 2.48 bits per heavy atom. The molecule has 1 fully saturated rings. The molecule has 0 aliphatic heterocycles. The Hall–Kier alpha value is -1.55. The Bertz CT molecular complexity index is 535. The number of aliphatic imine (C=N–C) groups is 1. The molecule has 0 heterocycles. The molecule has 0 aromatic heterocycles. The monoisotopic (exact) mass is 345 g/mol. The number of benzene rings is 1. The van der Waals surface area contributed by atoms with Crippen LogP contribution in [0.3, 0.4) is 0 Å². The van der Waals surface area contributed by atoms with Gasteiger partial charge in [-0.1, -0.05) is 50.6 Å². The lowest BCUT2D eigenvalue weighted by Gasteiger charge is -2.42. The molecule has 140 valence electrons. The number of nitrogens with one attached hydrogen (secondary N) is 2. The van der Waals surface area contributed by atoms with Gasteiger partial charge in [0.25, 0.3) is 0 Å². The fourth-order valence-electron chi connectivity index (χ4n) is 3.54. The highest BCUT2D eigenvalue weighted by Crippen LogP contribution is 2.43. The van der Waals surface area contributed by atoms with Gasteiger partial charge in [-0.3, -0.25) is 4.99 Å². The maximum atomic E-state index is 5.28. The van der Waals surface area contributed by atoms with E-state index in [1.165, 1.54) is 24.8 Å². The van der Waals surface area contributed by atoms with Gasteiger partial charge in [0, 0.05) is 33.9 Å². The van der Waals surface area contributed by atoms with Crippen molar-refractivity contribution in [2.45, 2.75) is 46.0 Å². The molecule has 0 amide bonds. The Balaban J connectivity index is 1.79. The van der Waals surface area contributed by atoms with Crippen LogP contribution in [-0.2, 0) is 11.2 Å². The Morgan fingerprint density at radius 1 is 1.20 bits per heavy atom. The molecule has 1 aromatic carbocycles. The van der Waals surface area contributed by atoms with Crippen molar-refractivity contribution < 1.29 is 4.74 Å². The van der Waals surface area contributed by atoms with Crippen molar-refractivity contribution >= 4 is 5.96 Å². The minimum Gasteiger partial charge on any atom is -0.385 e. The van der Waals surface area contributed by atoms with Crippen LogP contribution in [0.25, 0.3) is 0 Å². The lowest BCUT2D eigenvalue weighted by molar-refractivity contribution is 0.0732. The zero-order valence-corrected chi connectivity index (χ0v) is 16.4. The zero-order chi connectivity index (χ0) is 18.2. The molecule has 0 spiro atoms. The maximum absolute atomic E-state index is 5.28. The van der Waals surface area contributed by atoms with Crippen LogP contribution in [-0.4, -0.2) is 39.8 Å². The van der Waals surface area contributed by atoms with Crippen molar-refractivity contribution in [1.82, 2.24) is 10.6 Å². The molecule has 25 heavy (non-hydrogen) atoms. The van der Waals surface area contributed by atoms with Gasteiger partial charge in [-0.25, -0.2) is 0 Å². The van der Waals surface area contributed by atoms with E-state index >= 15 is 0 Å². The summed E-state index contributed by atoms with van der Waals surface area (Å²) in [4.78, 5) is 4.40. The quantitative estimate of drug-likeness (QED) is 0.531. The largest absolute Gasteiger partial charge is 0.385 e. The standard InChI is InChI=1S/C21H35N3O/c1-20(2,15-18-9-6-5-7-10-18)16-23-19(22-3)24-17-21(11-8-12-21)13-14-25-4/h5-7,9-10H,8,11-17H2,1-4H3,(H2,22,23,24). The summed E-state index contributed by atoms with van der Waals surface area (Å²) < 4.78 is 5.28. The molecule has 0 radical (unpaired) electrons. The number of guanidine groups is 1. The summed E-state index contributed by atoms with van der Waals surface area (Å²) in [6, 6.07) is 10.7. The highest BCUT2D eigenvalue weighted by atomic mass is 16.5. The molecule has 4 nitrogen and oxygen atoms in total. The number of hydrogen-bond acceptors (Lipinski definition) is 2. The van der Waals surface area contributed by atoms with Crippen LogP contribution in [0, 0.1) is 10.8 Å². The molecule has 1 aliphatic carbocycles. The molecule has 1 aromatic rings. The van der Waals surface area contributed by atoms with E-state index in [1.807, 2.05) is 7.05 Å². The minimum absolute atomic E-state index is 0.170. The summed E-state index contributed by atoms with van der Waals surface area (Å²) in [5.41, 5.74) is 1.95. The fourth-order valence-corrected chi connectivity index (χ4v) is 3.54. The third-order valence-electron chi connectivity index (χ3n) is 5.37. The molecule has 0 atom stereocenters. The van der Waals surface area contributed by atoms with Crippen LogP contribution in [0.15, 0.2) is 35.3 Å². The summed E-state index contributed by atoms with van der Waals surface area (Å²) in [6.07, 6.45) is 6.10. The summed E-state index contributed by atoms with van der Waals surface area (Å²) in [7, 11) is 3.64. The van der Waals surface area contributed by atoms with Gasteiger partial charge in [-0.05, 0) is 42.1 Å². The van der Waals surface area contributed by atoms with E-state index in [0.717, 1.165) is 38.5 Å². The van der Waals surface area contributed by atoms with Crippen LogP contribution >= 0.6 is 0 Å². The van der Waals surface area contributed by atoms with Crippen LogP contribution in [0.5, 0.6) is 0 Å². The van der Waals surface area contributed by atoms with E-state index in [-0.39, 0.29) is 5.41 Å². The molecule has 1 aliphatic rings. The summed E-state index contributed by atoms with van der Waals surface area (Å²) in [6.45, 7) is 7.32. The smallest absolute Gasteiger partial charge is 0.191 e. The number of rotatable bonds is 9. The SMILES string of the molecule is CN=C(NCC(C)(C)Cc1ccccc1)NCC1(CCOC)CCC1. The third kappa shape index (κ3) is 6.35. The van der Waals surface area contributed by atoms with Gasteiger partial charge >= 0.3 is 0 Å². The molecular weight excluding hydrogens is 310 g/mol. The van der Waals surface area contributed by atoms with E-state index in [0.29, 0.717) is 5.41 Å². The van der Waals surface area contributed by atoms with E-state index in [2.05, 4.69) is 59.8 Å². The van der Waals surface area contributed by atoms with Crippen LogP contribution in [0.2, 0.25) is 0 Å². The van der Waals surface area contributed by atoms with Crippen molar-refractivity contribution in [3.8, 4) is 0 Å². The molecule has 2 N–H and O–H groups in total. The lowest BCUT2D eigenvalue weighted by atomic mass is 9.67. The zero-order valence-electron chi connectivity index (χ0n) is 16.4. The predicted octanol–water partition coefficient (Wildman–Crippen LogP) is 3.63. The Labute approximate surface area is 153 Å². The number of methoxy groups -OCH3 is 1. The minimum atomic E-state index is 0.170. The summed E-state index contributed by atoms with van der Waals surface area (Å²) in [5, 5.41) is 7.06. The lowest BCUT2D eigenvalue weighted by Crippen LogP contribution is -2.48. The first-order chi connectivity index (χ1) is 12.0. The second-order valence-corrected chi connectivity index (χ2v) is 8.20. The molecule has 0 bridgehead atoms. The molecular formula is C21H35N3O. The third-order valence-corrected chi connectivity index (χ3v) is 5.37. The normalized spacial score (nSPS) is 17.0. The van der Waals surface area contributed by atoms with Crippen molar-refractivity contribution in [3.05, 3.63) is 35.9 Å². The van der Waals surface area contributed by atoms with Gasteiger partial charge in [0.1, 0.15) is 0 Å². The van der Waals surface area contributed by atoms with Crippen molar-refractivity contribution in [2.75, 3.05) is 33.9 Å². The van der Waals surface area contributed by atoms with E-state index in [1.54, 1.807) is 7.11 Å². The van der Waals surface area contributed by atoms with Crippen molar-refractivity contribution in [3.63, 3.8) is 0 Å². The van der Waals surface area contributed by atoms with Crippen molar-refractivity contribution in [2.24, 2.45) is 15.8 Å². The average Bonchev–Trinajstić information content (AvgIpc) is 2.56. The fraction of sp³-hybridized carbons (Fsp3) is 0.667. The Morgan fingerprint density at radius 2 is 1.92 bits per heavy atom. The van der Waals surface area contributed by atoms with Gasteiger partial charge in [-0.15, -0.1) is 0 Å². The number of nitrogens with zero attached hydrogens (tertiary/aromatic N) is 1. The van der Waals surface area contributed by atoms with E-state index < -0.39 is 0 Å². The molecule has 4 heteroatoms. The topological polar surface area (TPSA) is 45.7 Å². The number of ether oxygens (including phenoxy) is 1. The predicted molar refractivity (Wildman–Crippen MR) is 106 cm³/mol. The van der Waals surface area contributed by atoms with Crippen LogP contribution in [0.1, 0.15) is 45.1 Å². The van der Waals surface area contributed by atoms with Crippen LogP contribution in [0.4, 0.5) is 0 Å². The second-order valence-electron chi connectivity index (χ2n) is 8.20. The van der Waals surface area contributed by atoms with Gasteiger partial charge in [0.2, 0.25) is 0 Å². The first-order valence-electron chi connectivity index (χ1n) is 9.46. The molecule has 1 saturated carbocycles.